The third-order valence-electron chi connectivity index (χ3n) is 2.36. The molecule has 1 unspecified atom stereocenters. The molecule has 16 heavy (non-hydrogen) atoms. The van der Waals surface area contributed by atoms with Gasteiger partial charge in [-0.3, -0.25) is 0 Å². The number of aryl methyl sites for hydroxylation is 2. The van der Waals surface area contributed by atoms with E-state index in [2.05, 4.69) is 4.98 Å². The van der Waals surface area contributed by atoms with Crippen LogP contribution in [0, 0.1) is 25.2 Å². The number of esters is 1. The second kappa shape index (κ2) is 4.62. The summed E-state index contributed by atoms with van der Waals surface area (Å²) in [6, 6.07) is 1.99. The zero-order valence-electron chi connectivity index (χ0n) is 9.83. The molecular formula is C11H14N2O2S. The van der Waals surface area contributed by atoms with Crippen molar-refractivity contribution in [3.63, 3.8) is 0 Å². The van der Waals surface area contributed by atoms with Crippen LogP contribution in [0.5, 0.6) is 0 Å². The molecule has 1 rings (SSSR count). The first kappa shape index (κ1) is 12.7. The third kappa shape index (κ3) is 2.07. The van der Waals surface area contributed by atoms with E-state index in [1.165, 1.54) is 11.3 Å². The van der Waals surface area contributed by atoms with E-state index in [1.807, 2.05) is 19.9 Å². The fourth-order valence-corrected chi connectivity index (χ4v) is 2.14. The average Bonchev–Trinajstić information content (AvgIpc) is 2.59. The number of hydrogen-bond acceptors (Lipinski definition) is 5. The van der Waals surface area contributed by atoms with Gasteiger partial charge in [-0.05, 0) is 27.7 Å². The highest BCUT2D eigenvalue weighted by Gasteiger charge is 2.40. The number of carbonyl (C=O) groups is 1. The molecule has 0 saturated heterocycles. The van der Waals surface area contributed by atoms with Crippen LogP contribution in [-0.2, 0) is 14.9 Å². The van der Waals surface area contributed by atoms with Crippen LogP contribution in [-0.4, -0.2) is 17.6 Å². The zero-order chi connectivity index (χ0) is 12.3. The van der Waals surface area contributed by atoms with Crippen LogP contribution in [0.25, 0.3) is 0 Å². The second-order valence-corrected chi connectivity index (χ2v) is 4.82. The van der Waals surface area contributed by atoms with Gasteiger partial charge in [0.25, 0.3) is 0 Å². The topological polar surface area (TPSA) is 63.0 Å². The van der Waals surface area contributed by atoms with Crippen LogP contribution in [0.3, 0.4) is 0 Å². The van der Waals surface area contributed by atoms with Crippen molar-refractivity contribution in [3.8, 4) is 6.07 Å². The Hall–Kier alpha value is -1.41. The van der Waals surface area contributed by atoms with E-state index in [-0.39, 0.29) is 6.61 Å². The number of ether oxygens (including phenoxy) is 1. The molecular weight excluding hydrogens is 224 g/mol. The summed E-state index contributed by atoms with van der Waals surface area (Å²) in [5, 5.41) is 9.65. The van der Waals surface area contributed by atoms with E-state index in [4.69, 9.17) is 10.00 Å². The Morgan fingerprint density at radius 3 is 2.62 bits per heavy atom. The van der Waals surface area contributed by atoms with Gasteiger partial charge in [-0.2, -0.15) is 5.26 Å². The Labute approximate surface area is 98.9 Å². The first-order valence-corrected chi connectivity index (χ1v) is 5.80. The lowest BCUT2D eigenvalue weighted by Crippen LogP contribution is -2.32. The highest BCUT2D eigenvalue weighted by atomic mass is 32.1. The maximum Gasteiger partial charge on any atom is 0.333 e. The number of nitrogens with zero attached hydrogens (tertiary/aromatic N) is 2. The standard InChI is InChI=1S/C11H14N2O2S/c1-5-15-10(14)11(4,6-12)9-13-7(2)8(3)16-9/h5H2,1-4H3. The number of nitriles is 1. The van der Waals surface area contributed by atoms with Crippen LogP contribution < -0.4 is 0 Å². The number of hydrogen-bond donors (Lipinski definition) is 0. The highest BCUT2D eigenvalue weighted by molar-refractivity contribution is 7.12. The van der Waals surface area contributed by atoms with Crippen LogP contribution >= 0.6 is 11.3 Å². The van der Waals surface area contributed by atoms with Gasteiger partial charge < -0.3 is 4.74 Å². The smallest absolute Gasteiger partial charge is 0.333 e. The van der Waals surface area contributed by atoms with Gasteiger partial charge in [0.15, 0.2) is 0 Å². The monoisotopic (exact) mass is 238 g/mol. The minimum absolute atomic E-state index is 0.263. The zero-order valence-corrected chi connectivity index (χ0v) is 10.6. The minimum Gasteiger partial charge on any atom is -0.464 e. The molecule has 5 heteroatoms. The van der Waals surface area contributed by atoms with Crippen LogP contribution in [0.4, 0.5) is 0 Å². The Balaban J connectivity index is 3.15. The minimum atomic E-state index is -1.29. The first-order chi connectivity index (χ1) is 7.45. The molecule has 1 atom stereocenters. The van der Waals surface area contributed by atoms with Crippen molar-refractivity contribution in [1.82, 2.24) is 4.98 Å². The molecule has 0 spiro atoms. The molecule has 4 nitrogen and oxygen atoms in total. The molecule has 0 aliphatic rings. The van der Waals surface area contributed by atoms with Crippen LogP contribution in [0.1, 0.15) is 29.4 Å². The fourth-order valence-electron chi connectivity index (χ4n) is 1.14. The quantitative estimate of drug-likeness (QED) is 0.756. The van der Waals surface area contributed by atoms with E-state index < -0.39 is 11.4 Å². The summed E-state index contributed by atoms with van der Waals surface area (Å²) >= 11 is 1.37. The largest absolute Gasteiger partial charge is 0.464 e. The molecule has 0 radical (unpaired) electrons. The van der Waals surface area contributed by atoms with Gasteiger partial charge in [-0.15, -0.1) is 11.3 Å². The SMILES string of the molecule is CCOC(=O)C(C)(C#N)c1nc(C)c(C)s1. The van der Waals surface area contributed by atoms with Gasteiger partial charge in [0.05, 0.1) is 18.4 Å². The Morgan fingerprint density at radius 2 is 2.25 bits per heavy atom. The Kier molecular flexibility index (Phi) is 3.66. The number of rotatable bonds is 3. The van der Waals surface area contributed by atoms with E-state index in [0.717, 1.165) is 10.6 Å². The van der Waals surface area contributed by atoms with Gasteiger partial charge in [0.1, 0.15) is 5.01 Å². The molecule has 0 saturated carbocycles. The summed E-state index contributed by atoms with van der Waals surface area (Å²) in [7, 11) is 0. The second-order valence-electron chi connectivity index (χ2n) is 3.62. The summed E-state index contributed by atoms with van der Waals surface area (Å²) in [4.78, 5) is 17.0. The summed E-state index contributed by atoms with van der Waals surface area (Å²) in [5.41, 5.74) is -0.439. The van der Waals surface area contributed by atoms with E-state index >= 15 is 0 Å². The van der Waals surface area contributed by atoms with Gasteiger partial charge in [-0.25, -0.2) is 9.78 Å². The van der Waals surface area contributed by atoms with Crippen molar-refractivity contribution in [2.75, 3.05) is 6.61 Å². The highest BCUT2D eigenvalue weighted by Crippen LogP contribution is 2.30. The molecule has 0 amide bonds. The first-order valence-electron chi connectivity index (χ1n) is 4.98. The normalized spacial score (nSPS) is 13.9. The van der Waals surface area contributed by atoms with E-state index in [0.29, 0.717) is 5.01 Å². The summed E-state index contributed by atoms with van der Waals surface area (Å²) in [6.07, 6.45) is 0. The lowest BCUT2D eigenvalue weighted by Gasteiger charge is -2.16. The van der Waals surface area contributed by atoms with E-state index in [9.17, 15) is 4.79 Å². The summed E-state index contributed by atoms with van der Waals surface area (Å²) in [5.74, 6) is -0.536. The van der Waals surface area contributed by atoms with Crippen LogP contribution in [0.15, 0.2) is 0 Å². The van der Waals surface area contributed by atoms with E-state index in [1.54, 1.807) is 13.8 Å². The van der Waals surface area contributed by atoms with Crippen molar-refractivity contribution in [1.29, 1.82) is 5.26 Å². The molecule has 0 N–H and O–H groups in total. The molecule has 1 aromatic rings. The lowest BCUT2D eigenvalue weighted by atomic mass is 9.94. The van der Waals surface area contributed by atoms with Crippen molar-refractivity contribution in [2.45, 2.75) is 33.1 Å². The average molecular weight is 238 g/mol. The van der Waals surface area contributed by atoms with Crippen molar-refractivity contribution in [2.24, 2.45) is 0 Å². The molecule has 0 fully saturated rings. The molecule has 0 bridgehead atoms. The number of aromatic nitrogens is 1. The molecule has 0 aliphatic carbocycles. The van der Waals surface area contributed by atoms with Crippen molar-refractivity contribution in [3.05, 3.63) is 15.6 Å². The lowest BCUT2D eigenvalue weighted by molar-refractivity contribution is -0.147. The Morgan fingerprint density at radius 1 is 1.62 bits per heavy atom. The van der Waals surface area contributed by atoms with Gasteiger partial charge >= 0.3 is 5.97 Å². The van der Waals surface area contributed by atoms with Crippen molar-refractivity contribution < 1.29 is 9.53 Å². The maximum atomic E-state index is 11.7. The third-order valence-corrected chi connectivity index (χ3v) is 3.66. The maximum absolute atomic E-state index is 11.7. The number of carbonyl (C=O) groups excluding carboxylic acids is 1. The molecule has 1 aromatic heterocycles. The van der Waals surface area contributed by atoms with Crippen LogP contribution in [0.2, 0.25) is 0 Å². The molecule has 0 aromatic carbocycles. The molecule has 0 aliphatic heterocycles. The fraction of sp³-hybridized carbons (Fsp3) is 0.545. The summed E-state index contributed by atoms with van der Waals surface area (Å²) < 4.78 is 4.91. The van der Waals surface area contributed by atoms with Gasteiger partial charge in [0.2, 0.25) is 5.41 Å². The van der Waals surface area contributed by atoms with Crippen molar-refractivity contribution >= 4 is 17.3 Å². The molecule has 86 valence electrons. The van der Waals surface area contributed by atoms with Gasteiger partial charge in [0, 0.05) is 4.88 Å². The Bertz CT molecular complexity index is 428. The predicted molar refractivity (Wildman–Crippen MR) is 61.2 cm³/mol. The molecule has 1 heterocycles. The van der Waals surface area contributed by atoms with Gasteiger partial charge in [-0.1, -0.05) is 0 Å². The number of thiazole rings is 1. The summed E-state index contributed by atoms with van der Waals surface area (Å²) in [6.45, 7) is 7.30. The predicted octanol–water partition coefficient (Wildman–Crippen LogP) is 2.10.